The molecule has 0 bridgehead atoms. The minimum absolute atomic E-state index is 0.229. The maximum atomic E-state index is 11.9. The molecule has 0 unspecified atom stereocenters. The predicted octanol–water partition coefficient (Wildman–Crippen LogP) is 2.87. The summed E-state index contributed by atoms with van der Waals surface area (Å²) in [6.07, 6.45) is 0. The first-order valence-corrected chi connectivity index (χ1v) is 7.02. The number of hydrogen-bond acceptors (Lipinski definition) is 6. The van der Waals surface area contributed by atoms with Crippen molar-refractivity contribution in [2.45, 2.75) is 20.8 Å². The Hall–Kier alpha value is -2.89. The van der Waals surface area contributed by atoms with Crippen LogP contribution in [0.5, 0.6) is 11.5 Å². The summed E-state index contributed by atoms with van der Waals surface area (Å²) in [7, 11) is 0. The van der Waals surface area contributed by atoms with Gasteiger partial charge in [-0.15, -0.1) is 0 Å². The van der Waals surface area contributed by atoms with E-state index in [1.807, 2.05) is 0 Å². The molecule has 6 nitrogen and oxygen atoms in total. The SMILES string of the molecule is CCOC(=O)c1cc(OC(C)=O)c2ccc(OC(C)=O)cc2c1. The molecular weight excluding hydrogens is 300 g/mol. The molecule has 0 aliphatic rings. The van der Waals surface area contributed by atoms with Crippen LogP contribution >= 0.6 is 0 Å². The van der Waals surface area contributed by atoms with Crippen LogP contribution in [0.25, 0.3) is 10.8 Å². The van der Waals surface area contributed by atoms with E-state index in [0.29, 0.717) is 16.5 Å². The summed E-state index contributed by atoms with van der Waals surface area (Å²) >= 11 is 0. The van der Waals surface area contributed by atoms with Crippen LogP contribution in [0.4, 0.5) is 0 Å². The van der Waals surface area contributed by atoms with E-state index in [0.717, 1.165) is 0 Å². The fourth-order valence-corrected chi connectivity index (χ4v) is 2.11. The topological polar surface area (TPSA) is 78.9 Å². The van der Waals surface area contributed by atoms with Crippen LogP contribution < -0.4 is 9.47 Å². The molecule has 0 spiro atoms. The zero-order chi connectivity index (χ0) is 17.0. The fraction of sp³-hybridized carbons (Fsp3) is 0.235. The number of rotatable bonds is 4. The average Bonchev–Trinajstić information content (AvgIpc) is 2.45. The summed E-state index contributed by atoms with van der Waals surface area (Å²) in [5.41, 5.74) is 0.246. The Morgan fingerprint density at radius 2 is 1.65 bits per heavy atom. The van der Waals surface area contributed by atoms with Gasteiger partial charge in [0, 0.05) is 19.2 Å². The molecule has 6 heteroatoms. The fourth-order valence-electron chi connectivity index (χ4n) is 2.11. The van der Waals surface area contributed by atoms with Gasteiger partial charge in [0.15, 0.2) is 0 Å². The molecular formula is C17H16O6. The Morgan fingerprint density at radius 3 is 2.26 bits per heavy atom. The highest BCUT2D eigenvalue weighted by molar-refractivity contribution is 5.99. The normalized spacial score (nSPS) is 10.2. The minimum atomic E-state index is -0.527. The van der Waals surface area contributed by atoms with Crippen molar-refractivity contribution in [2.24, 2.45) is 0 Å². The molecule has 0 saturated heterocycles. The van der Waals surface area contributed by atoms with Gasteiger partial charge in [-0.2, -0.15) is 0 Å². The zero-order valence-corrected chi connectivity index (χ0v) is 13.0. The first kappa shape index (κ1) is 16.5. The minimum Gasteiger partial charge on any atom is -0.462 e. The Morgan fingerprint density at radius 1 is 0.957 bits per heavy atom. The molecule has 2 rings (SSSR count). The van der Waals surface area contributed by atoms with E-state index in [1.165, 1.54) is 19.9 Å². The standard InChI is InChI=1S/C17H16O6/c1-4-21-17(20)13-7-12-8-14(22-10(2)18)5-6-15(12)16(9-13)23-11(3)19/h5-9H,4H2,1-3H3. The lowest BCUT2D eigenvalue weighted by atomic mass is 10.1. The van der Waals surface area contributed by atoms with E-state index >= 15 is 0 Å². The molecule has 0 radical (unpaired) electrons. The molecule has 120 valence electrons. The molecule has 23 heavy (non-hydrogen) atoms. The zero-order valence-electron chi connectivity index (χ0n) is 13.0. The number of benzene rings is 2. The molecule has 0 aromatic heterocycles. The number of hydrogen-bond donors (Lipinski definition) is 0. The van der Waals surface area contributed by atoms with Gasteiger partial charge >= 0.3 is 17.9 Å². The number of esters is 3. The van der Waals surface area contributed by atoms with Crippen LogP contribution in [-0.2, 0) is 14.3 Å². The Bertz CT molecular complexity index is 778. The van der Waals surface area contributed by atoms with Gasteiger partial charge in [0.05, 0.1) is 12.2 Å². The molecule has 0 saturated carbocycles. The van der Waals surface area contributed by atoms with Crippen LogP contribution in [-0.4, -0.2) is 24.5 Å². The molecule has 0 heterocycles. The second kappa shape index (κ2) is 6.91. The summed E-state index contributed by atoms with van der Waals surface area (Å²) in [4.78, 5) is 34.3. The molecule has 0 aliphatic heterocycles. The van der Waals surface area contributed by atoms with Crippen molar-refractivity contribution in [1.82, 2.24) is 0 Å². The summed E-state index contributed by atoms with van der Waals surface area (Å²) in [5.74, 6) is -0.907. The Kier molecular flexibility index (Phi) is 4.95. The van der Waals surface area contributed by atoms with E-state index in [2.05, 4.69) is 0 Å². The number of carbonyl (C=O) groups excluding carboxylic acids is 3. The van der Waals surface area contributed by atoms with Crippen LogP contribution in [0.2, 0.25) is 0 Å². The lowest BCUT2D eigenvalue weighted by molar-refractivity contribution is -0.132. The lowest BCUT2D eigenvalue weighted by Crippen LogP contribution is -2.07. The van der Waals surface area contributed by atoms with Gasteiger partial charge in [0.25, 0.3) is 0 Å². The van der Waals surface area contributed by atoms with E-state index < -0.39 is 17.9 Å². The van der Waals surface area contributed by atoms with E-state index in [1.54, 1.807) is 31.2 Å². The maximum absolute atomic E-state index is 11.9. The molecule has 2 aromatic rings. The van der Waals surface area contributed by atoms with Gasteiger partial charge in [-0.05, 0) is 42.6 Å². The number of fused-ring (bicyclic) bond motifs is 1. The first-order chi connectivity index (χ1) is 10.9. The molecule has 0 amide bonds. The summed E-state index contributed by atoms with van der Waals surface area (Å²) in [5, 5.41) is 1.20. The molecule has 0 atom stereocenters. The van der Waals surface area contributed by atoms with Crippen molar-refractivity contribution in [3.8, 4) is 11.5 Å². The highest BCUT2D eigenvalue weighted by atomic mass is 16.5. The average molecular weight is 316 g/mol. The van der Waals surface area contributed by atoms with Gasteiger partial charge < -0.3 is 14.2 Å². The van der Waals surface area contributed by atoms with Crippen molar-refractivity contribution in [3.05, 3.63) is 35.9 Å². The summed E-state index contributed by atoms with van der Waals surface area (Å²) < 4.78 is 15.2. The second-order valence-corrected chi connectivity index (χ2v) is 4.77. The lowest BCUT2D eigenvalue weighted by Gasteiger charge is -2.10. The smallest absolute Gasteiger partial charge is 0.338 e. The van der Waals surface area contributed by atoms with Gasteiger partial charge in [-0.3, -0.25) is 9.59 Å². The van der Waals surface area contributed by atoms with Gasteiger partial charge in [0.1, 0.15) is 11.5 Å². The number of ether oxygens (including phenoxy) is 3. The van der Waals surface area contributed by atoms with Crippen molar-refractivity contribution >= 4 is 28.7 Å². The third-order valence-electron chi connectivity index (χ3n) is 2.91. The quantitative estimate of drug-likeness (QED) is 0.637. The van der Waals surface area contributed by atoms with Crippen molar-refractivity contribution in [1.29, 1.82) is 0 Å². The third-order valence-corrected chi connectivity index (χ3v) is 2.91. The van der Waals surface area contributed by atoms with Gasteiger partial charge in [0.2, 0.25) is 0 Å². The molecule has 2 aromatic carbocycles. The van der Waals surface area contributed by atoms with Crippen molar-refractivity contribution in [2.75, 3.05) is 6.61 Å². The highest BCUT2D eigenvalue weighted by Crippen LogP contribution is 2.31. The van der Waals surface area contributed by atoms with Crippen molar-refractivity contribution in [3.63, 3.8) is 0 Å². The molecule has 0 N–H and O–H groups in total. The largest absolute Gasteiger partial charge is 0.462 e. The van der Waals surface area contributed by atoms with Crippen molar-refractivity contribution < 1.29 is 28.6 Å². The predicted molar refractivity (Wildman–Crippen MR) is 82.5 cm³/mol. The van der Waals surface area contributed by atoms with E-state index in [-0.39, 0.29) is 17.9 Å². The maximum Gasteiger partial charge on any atom is 0.338 e. The monoisotopic (exact) mass is 316 g/mol. The van der Waals surface area contributed by atoms with Crippen LogP contribution in [0.15, 0.2) is 30.3 Å². The van der Waals surface area contributed by atoms with Crippen LogP contribution in [0.3, 0.4) is 0 Å². The van der Waals surface area contributed by atoms with Gasteiger partial charge in [-0.25, -0.2) is 4.79 Å². The van der Waals surface area contributed by atoms with Crippen LogP contribution in [0, 0.1) is 0 Å². The Balaban J connectivity index is 2.58. The molecule has 0 fully saturated rings. The van der Waals surface area contributed by atoms with E-state index in [4.69, 9.17) is 14.2 Å². The van der Waals surface area contributed by atoms with E-state index in [9.17, 15) is 14.4 Å². The second-order valence-electron chi connectivity index (χ2n) is 4.77. The number of carbonyl (C=O) groups is 3. The first-order valence-electron chi connectivity index (χ1n) is 7.02. The van der Waals surface area contributed by atoms with Gasteiger partial charge in [-0.1, -0.05) is 0 Å². The third kappa shape index (κ3) is 4.06. The molecule has 0 aliphatic carbocycles. The summed E-state index contributed by atoms with van der Waals surface area (Å²) in [6, 6.07) is 7.87. The summed E-state index contributed by atoms with van der Waals surface area (Å²) in [6.45, 7) is 4.50. The van der Waals surface area contributed by atoms with Crippen LogP contribution in [0.1, 0.15) is 31.1 Å². The Labute approximate surface area is 132 Å². The highest BCUT2D eigenvalue weighted by Gasteiger charge is 2.14.